The minimum Gasteiger partial charge on any atom is -0.352 e. The van der Waals surface area contributed by atoms with Crippen LogP contribution in [-0.4, -0.2) is 39.0 Å². The number of piperidine rings is 1. The highest BCUT2D eigenvalue weighted by atomic mass is 32.1. The Morgan fingerprint density at radius 1 is 1.18 bits per heavy atom. The predicted octanol–water partition coefficient (Wildman–Crippen LogP) is 4.80. The van der Waals surface area contributed by atoms with Crippen LogP contribution in [-0.2, 0) is 6.54 Å². The number of anilines is 1. The lowest BCUT2D eigenvalue weighted by Crippen LogP contribution is -2.32. The number of nitrogens with zero attached hydrogens (tertiary/aromatic N) is 4. The molecule has 6 heteroatoms. The van der Waals surface area contributed by atoms with Crippen LogP contribution in [0.3, 0.4) is 0 Å². The number of nitrogens with one attached hydrogen (secondary N) is 1. The molecule has 0 aromatic carbocycles. The molecular weight excluding hydrogens is 366 g/mol. The quantitative estimate of drug-likeness (QED) is 0.652. The molecule has 1 N–H and O–H groups in total. The lowest BCUT2D eigenvalue weighted by atomic mass is 9.89. The third-order valence-corrected chi connectivity index (χ3v) is 6.00. The van der Waals surface area contributed by atoms with E-state index >= 15 is 0 Å². The van der Waals surface area contributed by atoms with Crippen LogP contribution in [0.25, 0.3) is 11.1 Å². The number of hydrogen-bond donors (Lipinski definition) is 1. The largest absolute Gasteiger partial charge is 0.352 e. The average Bonchev–Trinajstić information content (AvgIpc) is 3.22. The number of pyridine rings is 1. The molecule has 0 radical (unpaired) electrons. The third kappa shape index (κ3) is 4.56. The van der Waals surface area contributed by atoms with Gasteiger partial charge >= 0.3 is 0 Å². The summed E-state index contributed by atoms with van der Waals surface area (Å²) in [5.74, 6) is 1.17. The normalized spacial score (nSPS) is 15.8. The maximum absolute atomic E-state index is 4.95. The van der Waals surface area contributed by atoms with Gasteiger partial charge in [-0.1, -0.05) is 12.1 Å². The fraction of sp³-hybridized carbons (Fsp3) is 0.409. The van der Waals surface area contributed by atoms with E-state index in [-0.39, 0.29) is 0 Å². The van der Waals surface area contributed by atoms with Crippen LogP contribution in [0, 0.1) is 0 Å². The van der Waals surface area contributed by atoms with Crippen molar-refractivity contribution in [3.63, 3.8) is 0 Å². The van der Waals surface area contributed by atoms with Gasteiger partial charge in [-0.15, -0.1) is 11.3 Å². The second-order valence-corrected chi connectivity index (χ2v) is 8.70. The van der Waals surface area contributed by atoms with Crippen molar-refractivity contribution in [1.82, 2.24) is 19.9 Å². The smallest absolute Gasteiger partial charge is 0.223 e. The van der Waals surface area contributed by atoms with E-state index < -0.39 is 0 Å². The third-order valence-electron chi connectivity index (χ3n) is 5.14. The van der Waals surface area contributed by atoms with Crippen LogP contribution >= 0.6 is 11.3 Å². The number of rotatable bonds is 6. The molecule has 5 nitrogen and oxygen atoms in total. The summed E-state index contributed by atoms with van der Waals surface area (Å²) < 4.78 is 0. The summed E-state index contributed by atoms with van der Waals surface area (Å²) in [6.07, 6.45) is 7.92. The Hall–Kier alpha value is -2.31. The second-order valence-electron chi connectivity index (χ2n) is 7.66. The highest BCUT2D eigenvalue weighted by molar-refractivity contribution is 7.09. The molecular formula is C22H27N5S. The van der Waals surface area contributed by atoms with Crippen molar-refractivity contribution in [3.8, 4) is 11.1 Å². The summed E-state index contributed by atoms with van der Waals surface area (Å²) in [7, 11) is 0. The van der Waals surface area contributed by atoms with Crippen LogP contribution in [0.1, 0.15) is 43.2 Å². The lowest BCUT2D eigenvalue weighted by Gasteiger charge is -2.32. The van der Waals surface area contributed by atoms with Crippen molar-refractivity contribution in [1.29, 1.82) is 0 Å². The molecule has 1 aliphatic rings. The first-order valence-corrected chi connectivity index (χ1v) is 10.9. The Balaban J connectivity index is 1.55. The first-order chi connectivity index (χ1) is 13.7. The van der Waals surface area contributed by atoms with E-state index in [2.05, 4.69) is 57.6 Å². The van der Waals surface area contributed by atoms with Gasteiger partial charge < -0.3 is 5.32 Å². The van der Waals surface area contributed by atoms with Crippen molar-refractivity contribution >= 4 is 17.3 Å². The van der Waals surface area contributed by atoms with E-state index in [1.165, 1.54) is 4.88 Å². The van der Waals surface area contributed by atoms with Crippen LogP contribution in [0.4, 0.5) is 5.95 Å². The van der Waals surface area contributed by atoms with Gasteiger partial charge in [-0.2, -0.15) is 0 Å². The predicted molar refractivity (Wildman–Crippen MR) is 116 cm³/mol. The minimum atomic E-state index is 0.310. The minimum absolute atomic E-state index is 0.310. The van der Waals surface area contributed by atoms with E-state index in [1.54, 1.807) is 0 Å². The molecule has 28 heavy (non-hydrogen) atoms. The van der Waals surface area contributed by atoms with Gasteiger partial charge in [-0.25, -0.2) is 9.97 Å². The van der Waals surface area contributed by atoms with E-state index in [0.717, 1.165) is 55.2 Å². The lowest BCUT2D eigenvalue weighted by molar-refractivity contribution is 0.205. The number of thiophene rings is 1. The van der Waals surface area contributed by atoms with Crippen molar-refractivity contribution in [2.45, 2.75) is 45.2 Å². The van der Waals surface area contributed by atoms with Crippen LogP contribution in [0.15, 0.2) is 48.2 Å². The summed E-state index contributed by atoms with van der Waals surface area (Å²) in [6, 6.07) is 8.74. The molecule has 0 spiro atoms. The maximum atomic E-state index is 4.95. The fourth-order valence-corrected chi connectivity index (χ4v) is 4.51. The summed E-state index contributed by atoms with van der Waals surface area (Å²) >= 11 is 1.84. The zero-order chi connectivity index (χ0) is 19.3. The van der Waals surface area contributed by atoms with Gasteiger partial charge in [0.05, 0.1) is 5.69 Å². The first-order valence-electron chi connectivity index (χ1n) is 9.97. The van der Waals surface area contributed by atoms with Crippen molar-refractivity contribution in [3.05, 3.63) is 58.8 Å². The van der Waals surface area contributed by atoms with Crippen LogP contribution < -0.4 is 5.32 Å². The molecule has 1 saturated heterocycles. The number of aromatic nitrogens is 3. The molecule has 4 rings (SSSR count). The Morgan fingerprint density at radius 2 is 2.04 bits per heavy atom. The van der Waals surface area contributed by atoms with E-state index in [4.69, 9.17) is 4.98 Å². The molecule has 0 bridgehead atoms. The molecule has 1 aliphatic heterocycles. The standard InChI is InChI=1S/C22H27N5S/c1-16(2)25-22-24-14-20(18-5-3-9-23-13-18)21(26-22)17-7-10-27(11-8-17)15-19-6-4-12-28-19/h3-6,9,12-14,16-17H,7-8,10-11,15H2,1-2H3,(H,24,25,26). The van der Waals surface area contributed by atoms with Crippen LogP contribution in [0.2, 0.25) is 0 Å². The Morgan fingerprint density at radius 3 is 2.71 bits per heavy atom. The van der Waals surface area contributed by atoms with Crippen molar-refractivity contribution in [2.24, 2.45) is 0 Å². The molecule has 0 aliphatic carbocycles. The molecule has 3 aromatic rings. The van der Waals surface area contributed by atoms with Gasteiger partial charge in [0.25, 0.3) is 0 Å². The topological polar surface area (TPSA) is 53.9 Å². The first kappa shape index (κ1) is 19.0. The van der Waals surface area contributed by atoms with Crippen molar-refractivity contribution in [2.75, 3.05) is 18.4 Å². The molecule has 4 heterocycles. The number of hydrogen-bond acceptors (Lipinski definition) is 6. The molecule has 0 atom stereocenters. The summed E-state index contributed by atoms with van der Waals surface area (Å²) in [5.41, 5.74) is 3.36. The molecule has 0 unspecified atom stereocenters. The molecule has 1 fully saturated rings. The van der Waals surface area contributed by atoms with E-state index in [0.29, 0.717) is 12.0 Å². The fourth-order valence-electron chi connectivity index (χ4n) is 3.77. The average molecular weight is 394 g/mol. The van der Waals surface area contributed by atoms with Gasteiger partial charge in [0.15, 0.2) is 0 Å². The summed E-state index contributed by atoms with van der Waals surface area (Å²) in [4.78, 5) is 17.8. The Bertz CT molecular complexity index is 871. The zero-order valence-corrected chi connectivity index (χ0v) is 17.3. The summed E-state index contributed by atoms with van der Waals surface area (Å²) in [6.45, 7) is 7.49. The van der Waals surface area contributed by atoms with Gasteiger partial charge in [-0.05, 0) is 57.3 Å². The summed E-state index contributed by atoms with van der Waals surface area (Å²) in [5, 5.41) is 5.51. The zero-order valence-electron chi connectivity index (χ0n) is 16.5. The van der Waals surface area contributed by atoms with E-state index in [9.17, 15) is 0 Å². The van der Waals surface area contributed by atoms with E-state index in [1.807, 2.05) is 36.0 Å². The molecule has 3 aromatic heterocycles. The Labute approximate surface area is 170 Å². The molecule has 0 amide bonds. The monoisotopic (exact) mass is 393 g/mol. The SMILES string of the molecule is CC(C)Nc1ncc(-c2cccnc2)c(C2CCN(Cc3cccs3)CC2)n1. The highest BCUT2D eigenvalue weighted by Crippen LogP contribution is 2.34. The van der Waals surface area contributed by atoms with Gasteiger partial charge in [-0.3, -0.25) is 9.88 Å². The second kappa shape index (κ2) is 8.80. The van der Waals surface area contributed by atoms with Gasteiger partial charge in [0.2, 0.25) is 5.95 Å². The van der Waals surface area contributed by atoms with Crippen molar-refractivity contribution < 1.29 is 0 Å². The molecule has 0 saturated carbocycles. The van der Waals surface area contributed by atoms with Gasteiger partial charge in [0.1, 0.15) is 0 Å². The maximum Gasteiger partial charge on any atom is 0.223 e. The Kier molecular flexibility index (Phi) is 5.98. The number of likely N-dealkylation sites (tertiary alicyclic amines) is 1. The molecule has 146 valence electrons. The van der Waals surface area contributed by atoms with Gasteiger partial charge in [0, 0.05) is 53.1 Å². The van der Waals surface area contributed by atoms with Crippen LogP contribution in [0.5, 0.6) is 0 Å². The highest BCUT2D eigenvalue weighted by Gasteiger charge is 2.25.